The molecule has 1 heterocycles. The van der Waals surface area contributed by atoms with Gasteiger partial charge in [-0.05, 0) is 49.5 Å². The molecule has 5 nitrogen and oxygen atoms in total. The highest BCUT2D eigenvalue weighted by molar-refractivity contribution is 7.71. The Bertz CT molecular complexity index is 690. The van der Waals surface area contributed by atoms with Gasteiger partial charge in [-0.3, -0.25) is 9.78 Å². The first-order valence-corrected chi connectivity index (χ1v) is 8.66. The van der Waals surface area contributed by atoms with Crippen LogP contribution in [-0.2, 0) is 6.54 Å². The number of hydrogen-bond donors (Lipinski definition) is 2. The predicted octanol–water partition coefficient (Wildman–Crippen LogP) is 3.97. The average molecular weight is 350 g/mol. The molecule has 2 aromatic rings. The maximum absolute atomic E-state index is 11.3. The fourth-order valence-electron chi connectivity index (χ4n) is 2.58. The van der Waals surface area contributed by atoms with E-state index in [1.54, 1.807) is 11.0 Å². The first-order valence-electron chi connectivity index (χ1n) is 8.25. The number of benzene rings is 1. The SMILES string of the molecule is CC(CCC(O)(Cn1[nH]cnc1=S)C(C)(C)C)Oc1ccccc1. The Hall–Kier alpha value is -1.66. The number of nitrogens with one attached hydrogen (secondary N) is 1. The lowest BCUT2D eigenvalue weighted by Crippen LogP contribution is -2.47. The minimum absolute atomic E-state index is 0.0102. The molecular formula is C18H27N3O2S. The molecule has 0 fully saturated rings. The lowest BCUT2D eigenvalue weighted by Gasteiger charge is -2.41. The van der Waals surface area contributed by atoms with Gasteiger partial charge in [-0.25, -0.2) is 4.98 Å². The molecule has 0 aliphatic carbocycles. The quantitative estimate of drug-likeness (QED) is 0.743. The van der Waals surface area contributed by atoms with E-state index >= 15 is 0 Å². The summed E-state index contributed by atoms with van der Waals surface area (Å²) in [5.41, 5.74) is -1.23. The molecule has 2 unspecified atom stereocenters. The Balaban J connectivity index is 2.03. The zero-order valence-corrected chi connectivity index (χ0v) is 15.6. The van der Waals surface area contributed by atoms with Crippen LogP contribution in [0, 0.1) is 10.2 Å². The van der Waals surface area contributed by atoms with Crippen molar-refractivity contribution in [3.8, 4) is 5.75 Å². The third kappa shape index (κ3) is 4.68. The molecule has 0 aliphatic rings. The third-order valence-electron chi connectivity index (χ3n) is 4.48. The summed E-state index contributed by atoms with van der Waals surface area (Å²) >= 11 is 5.18. The predicted molar refractivity (Wildman–Crippen MR) is 97.6 cm³/mol. The highest BCUT2D eigenvalue weighted by Crippen LogP contribution is 2.36. The second kappa shape index (κ2) is 7.49. The Morgan fingerprint density at radius 2 is 1.96 bits per heavy atom. The second-order valence-corrected chi connectivity index (χ2v) is 7.68. The third-order valence-corrected chi connectivity index (χ3v) is 4.81. The summed E-state index contributed by atoms with van der Waals surface area (Å²) in [6.07, 6.45) is 2.90. The van der Waals surface area contributed by atoms with Crippen LogP contribution in [0.25, 0.3) is 0 Å². The molecule has 0 radical (unpaired) electrons. The van der Waals surface area contributed by atoms with E-state index in [1.165, 1.54) is 0 Å². The van der Waals surface area contributed by atoms with E-state index in [2.05, 4.69) is 10.1 Å². The molecule has 6 heteroatoms. The average Bonchev–Trinajstić information content (AvgIpc) is 2.90. The maximum atomic E-state index is 11.3. The molecule has 0 bridgehead atoms. The van der Waals surface area contributed by atoms with Crippen LogP contribution < -0.4 is 4.74 Å². The van der Waals surface area contributed by atoms with Crippen molar-refractivity contribution in [1.82, 2.24) is 14.8 Å². The summed E-state index contributed by atoms with van der Waals surface area (Å²) in [6, 6.07) is 9.75. The minimum atomic E-state index is -0.925. The number of ether oxygens (including phenoxy) is 1. The van der Waals surface area contributed by atoms with Crippen molar-refractivity contribution >= 4 is 12.2 Å². The number of H-pyrrole nitrogens is 1. The van der Waals surface area contributed by atoms with Gasteiger partial charge in [0.25, 0.3) is 0 Å². The van der Waals surface area contributed by atoms with Crippen molar-refractivity contribution < 1.29 is 9.84 Å². The van der Waals surface area contributed by atoms with Crippen LogP contribution in [0.2, 0.25) is 0 Å². The summed E-state index contributed by atoms with van der Waals surface area (Å²) in [6.45, 7) is 8.52. The van der Waals surface area contributed by atoms with Gasteiger partial charge in [0.15, 0.2) is 0 Å². The number of aliphatic hydroxyl groups is 1. The first-order chi connectivity index (χ1) is 11.2. The van der Waals surface area contributed by atoms with Crippen LogP contribution >= 0.6 is 12.2 Å². The molecule has 2 atom stereocenters. The van der Waals surface area contributed by atoms with Crippen molar-refractivity contribution in [2.45, 2.75) is 58.8 Å². The standard InChI is InChI=1S/C18H27N3O2S/c1-14(23-15-8-6-5-7-9-15)10-11-18(22,17(2,3)4)12-21-16(24)19-13-20-21/h5-9,13-14,22H,10-12H2,1-4H3,(H,19,20,24). The van der Waals surface area contributed by atoms with E-state index < -0.39 is 5.60 Å². The zero-order chi connectivity index (χ0) is 17.8. The van der Waals surface area contributed by atoms with Gasteiger partial charge in [0.1, 0.15) is 12.1 Å². The van der Waals surface area contributed by atoms with Crippen LogP contribution in [0.3, 0.4) is 0 Å². The maximum Gasteiger partial charge on any atom is 0.215 e. The molecular weight excluding hydrogens is 322 g/mol. The fraction of sp³-hybridized carbons (Fsp3) is 0.556. The van der Waals surface area contributed by atoms with Gasteiger partial charge in [0.05, 0.1) is 18.2 Å². The van der Waals surface area contributed by atoms with Crippen LogP contribution in [0.15, 0.2) is 36.7 Å². The summed E-state index contributed by atoms with van der Waals surface area (Å²) in [5.74, 6) is 0.847. The van der Waals surface area contributed by atoms with E-state index in [0.717, 1.165) is 12.2 Å². The van der Waals surface area contributed by atoms with Crippen molar-refractivity contribution in [2.24, 2.45) is 5.41 Å². The molecule has 24 heavy (non-hydrogen) atoms. The molecule has 0 aliphatic heterocycles. The van der Waals surface area contributed by atoms with Crippen molar-refractivity contribution in [2.75, 3.05) is 0 Å². The summed E-state index contributed by atoms with van der Waals surface area (Å²) in [7, 11) is 0. The van der Waals surface area contributed by atoms with E-state index in [1.807, 2.05) is 58.0 Å². The molecule has 0 spiro atoms. The van der Waals surface area contributed by atoms with Crippen molar-refractivity contribution in [1.29, 1.82) is 0 Å². The number of hydrogen-bond acceptors (Lipinski definition) is 4. The van der Waals surface area contributed by atoms with Crippen LogP contribution in [0.5, 0.6) is 5.75 Å². The molecule has 132 valence electrons. The number of para-hydroxylation sites is 1. The fourth-order valence-corrected chi connectivity index (χ4v) is 2.75. The summed E-state index contributed by atoms with van der Waals surface area (Å²) < 4.78 is 8.08. The Labute approximate surface area is 148 Å². The molecule has 2 N–H and O–H groups in total. The van der Waals surface area contributed by atoms with E-state index in [4.69, 9.17) is 17.0 Å². The lowest BCUT2D eigenvalue weighted by molar-refractivity contribution is -0.0854. The van der Waals surface area contributed by atoms with Gasteiger partial charge in [-0.1, -0.05) is 39.0 Å². The molecule has 2 rings (SSSR count). The van der Waals surface area contributed by atoms with Gasteiger partial charge in [0.2, 0.25) is 4.77 Å². The van der Waals surface area contributed by atoms with Gasteiger partial charge >= 0.3 is 0 Å². The minimum Gasteiger partial charge on any atom is -0.491 e. The number of aromatic amines is 1. The zero-order valence-electron chi connectivity index (χ0n) is 14.8. The Morgan fingerprint density at radius 3 is 2.50 bits per heavy atom. The van der Waals surface area contributed by atoms with Crippen molar-refractivity contribution in [3.05, 3.63) is 41.4 Å². The van der Waals surface area contributed by atoms with Crippen LogP contribution in [-0.4, -0.2) is 31.6 Å². The lowest BCUT2D eigenvalue weighted by atomic mass is 9.73. The smallest absolute Gasteiger partial charge is 0.215 e. The molecule has 0 saturated carbocycles. The van der Waals surface area contributed by atoms with E-state index in [-0.39, 0.29) is 11.5 Å². The largest absolute Gasteiger partial charge is 0.491 e. The van der Waals surface area contributed by atoms with Crippen LogP contribution in [0.1, 0.15) is 40.5 Å². The highest BCUT2D eigenvalue weighted by atomic mass is 32.1. The van der Waals surface area contributed by atoms with Gasteiger partial charge < -0.3 is 9.84 Å². The molecule has 1 aromatic heterocycles. The van der Waals surface area contributed by atoms with E-state index in [9.17, 15) is 5.11 Å². The normalized spacial score (nSPS) is 15.7. The molecule has 0 amide bonds. The summed E-state index contributed by atoms with van der Waals surface area (Å²) in [5, 5.41) is 14.3. The van der Waals surface area contributed by atoms with Gasteiger partial charge in [-0.15, -0.1) is 0 Å². The monoisotopic (exact) mass is 349 g/mol. The van der Waals surface area contributed by atoms with E-state index in [0.29, 0.717) is 17.7 Å². The number of rotatable bonds is 7. The van der Waals surface area contributed by atoms with Crippen molar-refractivity contribution in [3.63, 3.8) is 0 Å². The molecule has 1 aromatic carbocycles. The first kappa shape index (κ1) is 18.7. The second-order valence-electron chi connectivity index (χ2n) is 7.32. The van der Waals surface area contributed by atoms with Gasteiger partial charge in [0, 0.05) is 0 Å². The Morgan fingerprint density at radius 1 is 1.29 bits per heavy atom. The topological polar surface area (TPSA) is 63.1 Å². The number of aromatic nitrogens is 3. The number of nitrogens with zero attached hydrogens (tertiary/aromatic N) is 2. The summed E-state index contributed by atoms with van der Waals surface area (Å²) in [4.78, 5) is 4.02. The highest BCUT2D eigenvalue weighted by Gasteiger charge is 2.40. The van der Waals surface area contributed by atoms with Gasteiger partial charge in [-0.2, -0.15) is 0 Å². The van der Waals surface area contributed by atoms with Crippen LogP contribution in [0.4, 0.5) is 0 Å². The molecule has 0 saturated heterocycles. The Kier molecular flexibility index (Phi) is 5.83.